The molecule has 5 aromatic carbocycles. The molecule has 6 aromatic rings. The highest BCUT2D eigenvalue weighted by Gasteiger charge is 2.52. The van der Waals surface area contributed by atoms with Crippen LogP contribution in [0.3, 0.4) is 0 Å². The molecule has 0 amide bonds. The number of rotatable bonds is 7. The molecule has 0 N–H and O–H groups in total. The van der Waals surface area contributed by atoms with Crippen LogP contribution in [0.2, 0.25) is 0 Å². The Balaban J connectivity index is 0.000000295. The molecular weight excluding hydrogens is 911 g/mol. The molecule has 0 bridgehead atoms. The van der Waals surface area contributed by atoms with Crippen LogP contribution in [0, 0.1) is 116 Å². The second-order valence-corrected chi connectivity index (χ2v) is 14.3. The van der Waals surface area contributed by atoms with E-state index < -0.39 is 144 Å². The molecule has 0 atom stereocenters. The van der Waals surface area contributed by atoms with E-state index in [1.807, 2.05) is 24.8 Å². The Kier molecular flexibility index (Phi) is 13.4. The number of aromatic nitrogens is 2. The monoisotopic (exact) mass is 932 g/mol. The first-order chi connectivity index (χ1) is 30.1. The Morgan fingerprint density at radius 2 is 0.641 bits per heavy atom. The average molecular weight is 932 g/mol. The van der Waals surface area contributed by atoms with Crippen molar-refractivity contribution in [3.05, 3.63) is 177 Å². The summed E-state index contributed by atoms with van der Waals surface area (Å²) in [4.78, 5) is 4.04. The second kappa shape index (κ2) is 18.1. The summed E-state index contributed by atoms with van der Waals surface area (Å²) in [5.74, 6) is -70.6. The van der Waals surface area contributed by atoms with Gasteiger partial charge in [0, 0.05) is 5.56 Å². The third kappa shape index (κ3) is 7.69. The van der Waals surface area contributed by atoms with Gasteiger partial charge in [-0.2, -0.15) is 4.57 Å². The molecule has 0 spiro atoms. The van der Waals surface area contributed by atoms with Crippen molar-refractivity contribution in [3.63, 3.8) is 0 Å². The van der Waals surface area contributed by atoms with Gasteiger partial charge in [-0.3, -0.25) is 4.98 Å². The lowest BCUT2D eigenvalue weighted by Crippen LogP contribution is -2.81. The normalized spacial score (nSPS) is 13.3. The molecule has 1 aliphatic rings. The minimum absolute atomic E-state index is 0.802. The van der Waals surface area contributed by atoms with Gasteiger partial charge in [0.1, 0.15) is 52.7 Å². The van der Waals surface area contributed by atoms with Gasteiger partial charge in [-0.05, 0) is 24.3 Å². The molecule has 1 fully saturated rings. The van der Waals surface area contributed by atoms with Gasteiger partial charge in [0.15, 0.2) is 88.7 Å². The number of nitrogens with zero attached hydrogens (tertiary/aromatic N) is 2. The van der Waals surface area contributed by atoms with E-state index >= 15 is 35.1 Å². The van der Waals surface area contributed by atoms with Crippen LogP contribution in [0.15, 0.2) is 49.1 Å². The predicted molar refractivity (Wildman–Crippen MR) is 185 cm³/mol. The molecule has 1 aliphatic carbocycles. The Morgan fingerprint density at radius 1 is 0.375 bits per heavy atom. The molecule has 338 valence electrons. The number of hydrogen-bond acceptors (Lipinski definition) is 1. The lowest BCUT2D eigenvalue weighted by atomic mass is 9.12. The van der Waals surface area contributed by atoms with Crippen LogP contribution in [0.25, 0.3) is 0 Å². The summed E-state index contributed by atoms with van der Waals surface area (Å²) >= 11 is 0. The Morgan fingerprint density at radius 3 is 0.922 bits per heavy atom. The molecule has 2 nitrogen and oxygen atoms in total. The fourth-order valence-electron chi connectivity index (χ4n) is 7.87. The fraction of sp³-hybridized carbons (Fsp3) is 0.171. The summed E-state index contributed by atoms with van der Waals surface area (Å²) in [6.45, 7) is 0.924. The number of hydrogen-bond donors (Lipinski definition) is 0. The topological polar surface area (TPSA) is 16.8 Å². The zero-order chi connectivity index (χ0) is 47.3. The SMILES string of the molecule is Fc1c(F)c(F)c([B-](c2c(F)c(F)c(F)c(F)c2F)(c2c(F)c(F)c(F)c(F)c2F)c2c(F)c(F)c(F)c(F)c2F)c(F)c1F.c1c[n+](Cc2ccc(C3CCCCC3)cc2)ccn1. The Bertz CT molecular complexity index is 2400. The maximum atomic E-state index is 15.4. The van der Waals surface area contributed by atoms with Crippen LogP contribution in [0.5, 0.6) is 0 Å². The maximum absolute atomic E-state index is 15.4. The van der Waals surface area contributed by atoms with E-state index in [-0.39, 0.29) is 0 Å². The molecule has 0 unspecified atom stereocenters. The average Bonchev–Trinajstić information content (AvgIpc) is 3.30. The lowest BCUT2D eigenvalue weighted by Gasteiger charge is -2.44. The van der Waals surface area contributed by atoms with Crippen molar-refractivity contribution in [1.29, 1.82) is 0 Å². The van der Waals surface area contributed by atoms with Crippen molar-refractivity contribution in [1.82, 2.24) is 4.98 Å². The van der Waals surface area contributed by atoms with Crippen LogP contribution in [0.1, 0.15) is 49.1 Å². The summed E-state index contributed by atoms with van der Waals surface area (Å²) in [6, 6.07) is 9.20. The molecule has 64 heavy (non-hydrogen) atoms. The number of benzene rings is 5. The highest BCUT2D eigenvalue weighted by molar-refractivity contribution is 7.20. The summed E-state index contributed by atoms with van der Waals surface area (Å²) in [6.07, 6.45) is 7.44. The van der Waals surface area contributed by atoms with Crippen LogP contribution in [-0.2, 0) is 6.54 Å². The number of halogens is 20. The predicted octanol–water partition coefficient (Wildman–Crippen LogP) is 9.31. The van der Waals surface area contributed by atoms with E-state index in [0.717, 1.165) is 12.5 Å². The summed E-state index contributed by atoms with van der Waals surface area (Å²) in [7, 11) is 0. The van der Waals surface area contributed by atoms with Gasteiger partial charge in [0.05, 0.1) is 12.4 Å². The fourth-order valence-corrected chi connectivity index (χ4v) is 7.87. The van der Waals surface area contributed by atoms with E-state index in [1.54, 1.807) is 0 Å². The molecular formula is C41H21BF20N2. The van der Waals surface area contributed by atoms with Crippen LogP contribution >= 0.6 is 0 Å². The van der Waals surface area contributed by atoms with Gasteiger partial charge in [0.25, 0.3) is 0 Å². The minimum atomic E-state index is -7.22. The van der Waals surface area contributed by atoms with Crippen molar-refractivity contribution in [2.75, 3.05) is 0 Å². The van der Waals surface area contributed by atoms with Gasteiger partial charge in [-0.1, -0.05) is 43.5 Å². The standard InChI is InChI=1S/C24BF20.C17H21N2/c26-5-1(6(27)14(35)21(42)13(5)34)25(2-7(28)15(36)22(43)16(37)8(2)29,3-9(30)17(38)23(44)18(39)10(3)31)4-11(32)19(40)24(45)20(41)12(4)33;1-2-4-16(5-3-1)17-8-6-15(7-9-17)14-19-12-10-18-11-13-19/h;6-13,16H,1-5,14H2/q-1;+1. The van der Waals surface area contributed by atoms with E-state index in [9.17, 15) is 52.7 Å². The van der Waals surface area contributed by atoms with Crippen LogP contribution < -0.4 is 26.4 Å². The second-order valence-electron chi connectivity index (χ2n) is 14.3. The van der Waals surface area contributed by atoms with Gasteiger partial charge >= 0.3 is 0 Å². The summed E-state index contributed by atoms with van der Waals surface area (Å²) in [5, 5.41) is 0. The zero-order valence-electron chi connectivity index (χ0n) is 31.5. The van der Waals surface area contributed by atoms with Crippen molar-refractivity contribution in [2.24, 2.45) is 0 Å². The van der Waals surface area contributed by atoms with Crippen molar-refractivity contribution >= 4 is 28.0 Å². The van der Waals surface area contributed by atoms with Gasteiger partial charge in [-0.15, -0.1) is 21.9 Å². The Labute approximate surface area is 346 Å². The van der Waals surface area contributed by atoms with Crippen molar-refractivity contribution < 1.29 is 92.4 Å². The first-order valence-electron chi connectivity index (χ1n) is 18.2. The zero-order valence-corrected chi connectivity index (χ0v) is 31.5. The largest absolute Gasteiger partial charge is 0.252 e. The molecule has 0 saturated heterocycles. The maximum Gasteiger partial charge on any atom is 0.200 e. The van der Waals surface area contributed by atoms with E-state index in [1.165, 1.54) is 43.2 Å². The highest BCUT2D eigenvalue weighted by Crippen LogP contribution is 2.33. The van der Waals surface area contributed by atoms with Crippen molar-refractivity contribution in [2.45, 2.75) is 44.6 Å². The third-order valence-corrected chi connectivity index (χ3v) is 10.8. The van der Waals surface area contributed by atoms with Gasteiger partial charge in [-0.25, -0.2) is 87.8 Å². The smallest absolute Gasteiger partial charge is 0.200 e. The third-order valence-electron chi connectivity index (χ3n) is 10.8. The molecule has 0 aliphatic heterocycles. The molecule has 7 rings (SSSR count). The molecule has 1 heterocycles. The molecule has 23 heteroatoms. The van der Waals surface area contributed by atoms with E-state index in [4.69, 9.17) is 0 Å². The molecule has 1 saturated carbocycles. The van der Waals surface area contributed by atoms with E-state index in [0.29, 0.717) is 0 Å². The highest BCUT2D eigenvalue weighted by atomic mass is 19.2. The Hall–Kier alpha value is -6.16. The minimum Gasteiger partial charge on any atom is -0.252 e. The van der Waals surface area contributed by atoms with Gasteiger partial charge < -0.3 is 0 Å². The van der Waals surface area contributed by atoms with Crippen LogP contribution in [0.4, 0.5) is 87.8 Å². The summed E-state index contributed by atoms with van der Waals surface area (Å²) in [5.41, 5.74) is -11.4. The van der Waals surface area contributed by atoms with Crippen molar-refractivity contribution in [3.8, 4) is 0 Å². The molecule has 0 radical (unpaired) electrons. The lowest BCUT2D eigenvalue weighted by molar-refractivity contribution is -0.688. The van der Waals surface area contributed by atoms with Gasteiger partial charge in [0.2, 0.25) is 0 Å². The first-order valence-corrected chi connectivity index (χ1v) is 18.2. The molecule has 1 aromatic heterocycles. The first kappa shape index (κ1) is 47.3. The quantitative estimate of drug-likeness (QED) is 0.0513. The van der Waals surface area contributed by atoms with Crippen LogP contribution in [-0.4, -0.2) is 11.1 Å². The van der Waals surface area contributed by atoms with E-state index in [2.05, 4.69) is 33.8 Å². The summed E-state index contributed by atoms with van der Waals surface area (Å²) < 4.78 is 296.